The van der Waals surface area contributed by atoms with Gasteiger partial charge >= 0.3 is 8.80 Å². The molecule has 0 N–H and O–H groups in total. The largest absolute Gasteiger partial charge is 0.501 e. The molecule has 0 spiro atoms. The van der Waals surface area contributed by atoms with E-state index in [1.165, 1.54) is 70.6 Å². The zero-order valence-corrected chi connectivity index (χ0v) is 25.0. The zero-order chi connectivity index (χ0) is 25.5. The molecule has 0 aliphatic carbocycles. The van der Waals surface area contributed by atoms with Gasteiger partial charge in [-0.15, -0.1) is 0 Å². The van der Waals surface area contributed by atoms with Crippen molar-refractivity contribution in [3.8, 4) is 0 Å². The van der Waals surface area contributed by atoms with Gasteiger partial charge in [-0.2, -0.15) is 0 Å². The van der Waals surface area contributed by atoms with E-state index in [2.05, 4.69) is 23.8 Å². The third kappa shape index (κ3) is 18.0. The summed E-state index contributed by atoms with van der Waals surface area (Å²) >= 11 is 0. The Balaban J connectivity index is 2.06. The van der Waals surface area contributed by atoms with Crippen LogP contribution in [0.4, 0.5) is 0 Å². The summed E-state index contributed by atoms with van der Waals surface area (Å²) in [5.41, 5.74) is 0. The van der Waals surface area contributed by atoms with Crippen LogP contribution in [0.15, 0.2) is 0 Å². The smallest absolute Gasteiger partial charge is 0.379 e. The van der Waals surface area contributed by atoms with Crippen molar-refractivity contribution in [2.75, 3.05) is 72.8 Å². The Bertz CT molecular complexity index is 445. The van der Waals surface area contributed by atoms with Gasteiger partial charge in [-0.3, -0.25) is 0 Å². The summed E-state index contributed by atoms with van der Waals surface area (Å²) < 4.78 is 24.4. The Morgan fingerprint density at radius 1 is 0.571 bits per heavy atom. The predicted molar refractivity (Wildman–Crippen MR) is 150 cm³/mol. The average Bonchev–Trinajstić information content (AvgIpc) is 2.85. The number of piperazine rings is 1. The second kappa shape index (κ2) is 23.1. The molecule has 0 bridgehead atoms. The summed E-state index contributed by atoms with van der Waals surface area (Å²) in [6.45, 7) is 15.4. The zero-order valence-electron chi connectivity index (χ0n) is 24.0. The molecule has 7 heteroatoms. The van der Waals surface area contributed by atoms with Crippen molar-refractivity contribution < 1.29 is 18.0 Å². The molecule has 1 saturated heterocycles. The van der Waals surface area contributed by atoms with Crippen molar-refractivity contribution >= 4 is 8.80 Å². The van der Waals surface area contributed by atoms with Crippen LogP contribution >= 0.6 is 0 Å². The van der Waals surface area contributed by atoms with Crippen LogP contribution in [0.25, 0.3) is 0 Å². The van der Waals surface area contributed by atoms with Crippen LogP contribution in [0.2, 0.25) is 6.04 Å². The molecule has 0 aromatic rings. The van der Waals surface area contributed by atoms with Crippen molar-refractivity contribution in [2.45, 2.75) is 110 Å². The van der Waals surface area contributed by atoms with Gasteiger partial charge in [0.2, 0.25) is 0 Å². The molecular formula is C28H60N2O4Si. The third-order valence-corrected chi connectivity index (χ3v) is 10.0. The molecule has 0 unspecified atom stereocenters. The molecule has 35 heavy (non-hydrogen) atoms. The quantitative estimate of drug-likeness (QED) is 0.104. The first-order valence-electron chi connectivity index (χ1n) is 15.1. The monoisotopic (exact) mass is 516 g/mol. The lowest BCUT2D eigenvalue weighted by molar-refractivity contribution is 0.0322. The Hall–Kier alpha value is -0.0231. The van der Waals surface area contributed by atoms with E-state index in [9.17, 15) is 0 Å². The van der Waals surface area contributed by atoms with Crippen molar-refractivity contribution in [3.05, 3.63) is 0 Å². The van der Waals surface area contributed by atoms with Crippen LogP contribution in [0.5, 0.6) is 0 Å². The SMILES string of the molecule is CCCCCCCCCCCCCCOCCO[Si](CCCN1CCN(C)CC1)(OCC)OCC. The van der Waals surface area contributed by atoms with Crippen molar-refractivity contribution in [3.63, 3.8) is 0 Å². The summed E-state index contributed by atoms with van der Waals surface area (Å²) in [6, 6.07) is 0.889. The summed E-state index contributed by atoms with van der Waals surface area (Å²) in [5, 5.41) is 0. The molecule has 0 aromatic heterocycles. The van der Waals surface area contributed by atoms with Crippen LogP contribution in [-0.2, 0) is 18.0 Å². The van der Waals surface area contributed by atoms with Crippen LogP contribution in [0.1, 0.15) is 104 Å². The topological polar surface area (TPSA) is 43.4 Å². The van der Waals surface area contributed by atoms with Gasteiger partial charge in [-0.05, 0) is 40.3 Å². The van der Waals surface area contributed by atoms with E-state index in [1.54, 1.807) is 0 Å². The molecular weight excluding hydrogens is 456 g/mol. The minimum Gasteiger partial charge on any atom is -0.379 e. The number of likely N-dealkylation sites (N-methyl/N-ethyl adjacent to an activating group) is 1. The molecule has 1 heterocycles. The highest BCUT2D eigenvalue weighted by Crippen LogP contribution is 2.19. The summed E-state index contributed by atoms with van der Waals surface area (Å²) in [6.07, 6.45) is 17.5. The number of ether oxygens (including phenoxy) is 1. The second-order valence-corrected chi connectivity index (χ2v) is 12.9. The fraction of sp³-hybridized carbons (Fsp3) is 1.00. The van der Waals surface area contributed by atoms with Gasteiger partial charge in [0.25, 0.3) is 0 Å². The van der Waals surface area contributed by atoms with Crippen molar-refractivity contribution in [2.24, 2.45) is 0 Å². The van der Waals surface area contributed by atoms with Gasteiger partial charge in [0, 0.05) is 52.0 Å². The minimum atomic E-state index is -2.62. The Labute approximate surface area is 219 Å². The fourth-order valence-electron chi connectivity index (χ4n) is 4.78. The summed E-state index contributed by atoms with van der Waals surface area (Å²) in [5.74, 6) is 0. The van der Waals surface area contributed by atoms with E-state index in [1.807, 2.05) is 13.8 Å². The van der Waals surface area contributed by atoms with E-state index in [0.29, 0.717) is 26.4 Å². The van der Waals surface area contributed by atoms with Crippen LogP contribution in [0, 0.1) is 0 Å². The highest BCUT2D eigenvalue weighted by molar-refractivity contribution is 6.60. The number of unbranched alkanes of at least 4 members (excludes halogenated alkanes) is 11. The molecule has 0 radical (unpaired) electrons. The fourth-order valence-corrected chi connectivity index (χ4v) is 7.32. The predicted octanol–water partition coefficient (Wildman–Crippen LogP) is 6.37. The maximum absolute atomic E-state index is 6.27. The second-order valence-electron chi connectivity index (χ2n) is 10.1. The summed E-state index contributed by atoms with van der Waals surface area (Å²) in [4.78, 5) is 4.95. The lowest BCUT2D eigenvalue weighted by Gasteiger charge is -2.33. The van der Waals surface area contributed by atoms with Gasteiger partial charge < -0.3 is 27.8 Å². The average molecular weight is 517 g/mol. The van der Waals surface area contributed by atoms with Gasteiger partial charge in [-0.25, -0.2) is 0 Å². The molecule has 1 rings (SSSR count). The van der Waals surface area contributed by atoms with Crippen LogP contribution in [-0.4, -0.2) is 91.4 Å². The van der Waals surface area contributed by atoms with Gasteiger partial charge in [0.15, 0.2) is 0 Å². The maximum Gasteiger partial charge on any atom is 0.501 e. The van der Waals surface area contributed by atoms with Gasteiger partial charge in [0.1, 0.15) is 0 Å². The molecule has 0 saturated carbocycles. The first kappa shape index (κ1) is 33.0. The first-order valence-corrected chi connectivity index (χ1v) is 17.0. The maximum atomic E-state index is 6.27. The Morgan fingerprint density at radius 2 is 1.11 bits per heavy atom. The lowest BCUT2D eigenvalue weighted by Crippen LogP contribution is -2.48. The van der Waals surface area contributed by atoms with E-state index >= 15 is 0 Å². The molecule has 0 aromatic carbocycles. The minimum absolute atomic E-state index is 0.568. The number of rotatable bonds is 25. The standard InChI is InChI=1S/C28H60N2O4Si/c1-5-8-9-10-11-12-13-14-15-16-17-18-25-31-26-27-34-35(32-6-2,33-7-3)28-19-20-30-23-21-29(4)22-24-30/h5-28H2,1-4H3. The Morgan fingerprint density at radius 3 is 1.66 bits per heavy atom. The highest BCUT2D eigenvalue weighted by atomic mass is 28.4. The summed E-state index contributed by atoms with van der Waals surface area (Å²) in [7, 11) is -0.416. The Kier molecular flexibility index (Phi) is 21.8. The number of hydrogen-bond acceptors (Lipinski definition) is 6. The first-order chi connectivity index (χ1) is 17.2. The third-order valence-electron chi connectivity index (χ3n) is 6.97. The van der Waals surface area contributed by atoms with Crippen molar-refractivity contribution in [1.82, 2.24) is 9.80 Å². The molecule has 1 aliphatic heterocycles. The van der Waals surface area contributed by atoms with E-state index in [0.717, 1.165) is 58.2 Å². The number of hydrogen-bond donors (Lipinski definition) is 0. The van der Waals surface area contributed by atoms with Gasteiger partial charge in [0.05, 0.1) is 13.2 Å². The molecule has 1 fully saturated rings. The van der Waals surface area contributed by atoms with E-state index < -0.39 is 8.80 Å². The van der Waals surface area contributed by atoms with Crippen molar-refractivity contribution in [1.29, 1.82) is 0 Å². The molecule has 1 aliphatic rings. The van der Waals surface area contributed by atoms with Crippen LogP contribution in [0.3, 0.4) is 0 Å². The van der Waals surface area contributed by atoms with E-state index in [4.69, 9.17) is 18.0 Å². The van der Waals surface area contributed by atoms with Crippen LogP contribution < -0.4 is 0 Å². The molecule has 6 nitrogen and oxygen atoms in total. The molecule has 0 atom stereocenters. The lowest BCUT2D eigenvalue weighted by atomic mass is 10.1. The highest BCUT2D eigenvalue weighted by Gasteiger charge is 2.40. The molecule has 0 amide bonds. The molecule has 210 valence electrons. The normalized spacial score (nSPS) is 15.8. The number of nitrogens with zero attached hydrogens (tertiary/aromatic N) is 2. The van der Waals surface area contributed by atoms with Gasteiger partial charge in [-0.1, -0.05) is 77.6 Å². The van der Waals surface area contributed by atoms with E-state index in [-0.39, 0.29) is 0 Å².